The molecule has 3 nitrogen and oxygen atoms in total. The van der Waals surface area contributed by atoms with Crippen LogP contribution in [0.4, 0.5) is 0 Å². The van der Waals surface area contributed by atoms with E-state index in [1.165, 1.54) is 113 Å². The van der Waals surface area contributed by atoms with Gasteiger partial charge < -0.3 is 17.2 Å². The molecule has 0 aromatic rings. The molecule has 3 rings (SSSR count). The number of nitrogens with two attached hydrogens (primary N) is 3. The highest BCUT2D eigenvalue weighted by Gasteiger charge is 2.25. The summed E-state index contributed by atoms with van der Waals surface area (Å²) in [5, 5.41) is 0. The van der Waals surface area contributed by atoms with Gasteiger partial charge in [0.05, 0.1) is 0 Å². The van der Waals surface area contributed by atoms with Gasteiger partial charge in [0.15, 0.2) is 0 Å². The predicted molar refractivity (Wildman–Crippen MR) is 161 cm³/mol. The summed E-state index contributed by atoms with van der Waals surface area (Å²) >= 11 is 0. The Morgan fingerprint density at radius 1 is 0.394 bits per heavy atom. The molecule has 3 heterocycles. The molecule has 3 saturated heterocycles. The average molecular weight is 514 g/mol. The summed E-state index contributed by atoms with van der Waals surface area (Å²) in [7, 11) is -2.41. The van der Waals surface area contributed by atoms with Crippen molar-refractivity contribution in [2.45, 2.75) is 171 Å². The first-order chi connectivity index (χ1) is 15.3. The SMILES string of the molecule is C[Si]1(C)CCCC(N)CCC1.C[Si]1(C)CCCCC(N)CC1.C[Si]1(C)CCCCCC(N)C1. The fraction of sp³-hybridized carbons (Fsp3) is 1.00. The van der Waals surface area contributed by atoms with Gasteiger partial charge in [-0.2, -0.15) is 0 Å². The van der Waals surface area contributed by atoms with Crippen LogP contribution in [0.1, 0.15) is 77.0 Å². The van der Waals surface area contributed by atoms with Crippen molar-refractivity contribution < 1.29 is 0 Å². The van der Waals surface area contributed by atoms with Gasteiger partial charge in [0.1, 0.15) is 0 Å². The summed E-state index contributed by atoms with van der Waals surface area (Å²) in [6.45, 7) is 15.0. The third-order valence-corrected chi connectivity index (χ3v) is 18.6. The first-order valence-corrected chi connectivity index (χ1v) is 24.8. The molecule has 0 saturated carbocycles. The largest absolute Gasteiger partial charge is 0.328 e. The van der Waals surface area contributed by atoms with E-state index < -0.39 is 24.2 Å². The minimum absolute atomic E-state index is 0.514. The van der Waals surface area contributed by atoms with Gasteiger partial charge in [-0.3, -0.25) is 0 Å². The van der Waals surface area contributed by atoms with Gasteiger partial charge in [0.2, 0.25) is 0 Å². The minimum Gasteiger partial charge on any atom is -0.328 e. The zero-order valence-corrected chi connectivity index (χ0v) is 26.7. The van der Waals surface area contributed by atoms with E-state index in [2.05, 4.69) is 39.3 Å². The molecule has 198 valence electrons. The summed E-state index contributed by atoms with van der Waals surface area (Å²) in [5.74, 6) is 0. The molecule has 0 bridgehead atoms. The minimum atomic E-state index is -0.861. The van der Waals surface area contributed by atoms with E-state index in [-0.39, 0.29) is 0 Å². The summed E-state index contributed by atoms with van der Waals surface area (Å²) in [6.07, 6.45) is 16.2. The molecule has 6 heteroatoms. The highest BCUT2D eigenvalue weighted by molar-refractivity contribution is 6.78. The standard InChI is InChI=1S/3C9H21NSi/c1-11(2)7-3-5-9(10)6-4-8-11;1-11(2)7-4-3-5-9(10)6-8-11;1-11(2)7-5-3-4-6-9(10)8-11/h3*9H,3-8,10H2,1-2H3. The Hall–Kier alpha value is 0.531. The molecule has 0 amide bonds. The van der Waals surface area contributed by atoms with Crippen molar-refractivity contribution in [3.63, 3.8) is 0 Å². The molecule has 0 aliphatic carbocycles. The summed E-state index contributed by atoms with van der Waals surface area (Å²) in [5.41, 5.74) is 17.9. The van der Waals surface area contributed by atoms with Gasteiger partial charge in [-0.25, -0.2) is 0 Å². The molecular formula is C27H63N3Si3. The van der Waals surface area contributed by atoms with Crippen LogP contribution in [0, 0.1) is 0 Å². The molecule has 33 heavy (non-hydrogen) atoms. The monoisotopic (exact) mass is 513 g/mol. The third kappa shape index (κ3) is 16.8. The van der Waals surface area contributed by atoms with Gasteiger partial charge in [0, 0.05) is 42.3 Å². The Morgan fingerprint density at radius 2 is 0.788 bits per heavy atom. The van der Waals surface area contributed by atoms with Crippen molar-refractivity contribution in [1.29, 1.82) is 0 Å². The molecule has 2 unspecified atom stereocenters. The van der Waals surface area contributed by atoms with Crippen LogP contribution in [-0.4, -0.2) is 42.3 Å². The molecule has 0 radical (unpaired) electrons. The zero-order valence-electron chi connectivity index (χ0n) is 23.7. The molecule has 6 N–H and O–H groups in total. The van der Waals surface area contributed by atoms with Gasteiger partial charge >= 0.3 is 0 Å². The van der Waals surface area contributed by atoms with E-state index in [1.807, 2.05) is 0 Å². The van der Waals surface area contributed by atoms with E-state index in [9.17, 15) is 0 Å². The van der Waals surface area contributed by atoms with Gasteiger partial charge in [-0.1, -0.05) is 114 Å². The maximum atomic E-state index is 6.01. The normalized spacial score (nSPS) is 30.8. The zero-order chi connectivity index (χ0) is 25.0. The van der Waals surface area contributed by atoms with Crippen LogP contribution in [0.5, 0.6) is 0 Å². The lowest BCUT2D eigenvalue weighted by Gasteiger charge is -2.28. The molecular weight excluding hydrogens is 451 g/mol. The Morgan fingerprint density at radius 3 is 1.42 bits per heavy atom. The van der Waals surface area contributed by atoms with E-state index in [4.69, 9.17) is 17.2 Å². The Labute approximate surface area is 211 Å². The van der Waals surface area contributed by atoms with Crippen LogP contribution in [0.3, 0.4) is 0 Å². The molecule has 0 aromatic heterocycles. The van der Waals surface area contributed by atoms with Crippen LogP contribution in [0.2, 0.25) is 75.5 Å². The highest BCUT2D eigenvalue weighted by atomic mass is 28.3. The van der Waals surface area contributed by atoms with Crippen LogP contribution in [0.15, 0.2) is 0 Å². The predicted octanol–water partition coefficient (Wildman–Crippen LogP) is 7.79. The van der Waals surface area contributed by atoms with Crippen molar-refractivity contribution >= 4 is 24.2 Å². The molecule has 0 spiro atoms. The Bertz CT molecular complexity index is 499. The quantitative estimate of drug-likeness (QED) is 0.289. The molecule has 2 atom stereocenters. The fourth-order valence-electron chi connectivity index (χ4n) is 5.91. The van der Waals surface area contributed by atoms with Gasteiger partial charge in [0.25, 0.3) is 0 Å². The van der Waals surface area contributed by atoms with Crippen LogP contribution >= 0.6 is 0 Å². The first-order valence-electron chi connectivity index (χ1n) is 14.6. The van der Waals surface area contributed by atoms with Crippen molar-refractivity contribution in [3.8, 4) is 0 Å². The second-order valence-electron chi connectivity index (χ2n) is 14.1. The molecule has 3 aliphatic heterocycles. The molecule has 0 aromatic carbocycles. The lowest BCUT2D eigenvalue weighted by atomic mass is 10.1. The number of hydrogen-bond donors (Lipinski definition) is 3. The smallest absolute Gasteiger partial charge is 0.0488 e. The van der Waals surface area contributed by atoms with Gasteiger partial charge in [-0.15, -0.1) is 0 Å². The average Bonchev–Trinajstić information content (AvgIpc) is 2.67. The second kappa shape index (κ2) is 15.6. The molecule has 3 fully saturated rings. The second-order valence-corrected chi connectivity index (χ2v) is 30.0. The lowest BCUT2D eigenvalue weighted by molar-refractivity contribution is 0.538. The van der Waals surface area contributed by atoms with Crippen LogP contribution in [-0.2, 0) is 0 Å². The van der Waals surface area contributed by atoms with Crippen LogP contribution < -0.4 is 17.2 Å². The van der Waals surface area contributed by atoms with Crippen molar-refractivity contribution in [2.75, 3.05) is 0 Å². The maximum Gasteiger partial charge on any atom is 0.0488 e. The van der Waals surface area contributed by atoms with E-state index >= 15 is 0 Å². The fourth-order valence-corrected chi connectivity index (χ4v) is 14.1. The van der Waals surface area contributed by atoms with Crippen molar-refractivity contribution in [1.82, 2.24) is 0 Å². The first kappa shape index (κ1) is 31.6. The van der Waals surface area contributed by atoms with Crippen LogP contribution in [0.25, 0.3) is 0 Å². The van der Waals surface area contributed by atoms with Gasteiger partial charge in [-0.05, 0) is 38.1 Å². The van der Waals surface area contributed by atoms with E-state index in [0.29, 0.717) is 18.1 Å². The number of rotatable bonds is 0. The van der Waals surface area contributed by atoms with Crippen molar-refractivity contribution in [2.24, 2.45) is 17.2 Å². The topological polar surface area (TPSA) is 78.1 Å². The molecule has 3 aliphatic rings. The number of hydrogen-bond acceptors (Lipinski definition) is 3. The van der Waals surface area contributed by atoms with Crippen molar-refractivity contribution in [3.05, 3.63) is 0 Å². The third-order valence-electron chi connectivity index (χ3n) is 8.47. The summed E-state index contributed by atoms with van der Waals surface area (Å²) < 4.78 is 0. The lowest BCUT2D eigenvalue weighted by Crippen LogP contribution is -2.36. The maximum absolute atomic E-state index is 6.01. The highest BCUT2D eigenvalue weighted by Crippen LogP contribution is 2.27. The van der Waals surface area contributed by atoms with E-state index in [0.717, 1.165) is 0 Å². The summed E-state index contributed by atoms with van der Waals surface area (Å²) in [6, 6.07) is 10.4. The van der Waals surface area contributed by atoms with E-state index in [1.54, 1.807) is 0 Å². The Balaban J connectivity index is 0.000000247. The summed E-state index contributed by atoms with van der Waals surface area (Å²) in [4.78, 5) is 0. The Kier molecular flexibility index (Phi) is 14.9.